The molecule has 0 aromatic heterocycles. The molecule has 3 rings (SSSR count). The van der Waals surface area contributed by atoms with Gasteiger partial charge < -0.3 is 10.1 Å². The molecule has 2 aromatic carbocycles. The lowest BCUT2D eigenvalue weighted by molar-refractivity contribution is 0.195. The summed E-state index contributed by atoms with van der Waals surface area (Å²) in [5.41, 5.74) is 3.78. The average molecular weight is 359 g/mol. The fourth-order valence-electron chi connectivity index (χ4n) is 3.51. The van der Waals surface area contributed by atoms with Crippen LogP contribution in [-0.4, -0.2) is 38.2 Å². The Morgan fingerprint density at radius 2 is 1.64 bits per heavy atom. The minimum atomic E-state index is 0.150. The van der Waals surface area contributed by atoms with Gasteiger partial charge in [0.15, 0.2) is 0 Å². The number of ether oxygens (including phenoxy) is 1. The molecule has 134 valence electrons. The predicted octanol–water partition coefficient (Wildman–Crippen LogP) is 4.47. The summed E-state index contributed by atoms with van der Waals surface area (Å²) >= 11 is 6.32. The summed E-state index contributed by atoms with van der Waals surface area (Å²) in [5, 5.41) is 4.18. The minimum absolute atomic E-state index is 0.150. The van der Waals surface area contributed by atoms with Crippen LogP contribution in [0.1, 0.15) is 42.5 Å². The Kier molecular flexibility index (Phi) is 6.00. The molecule has 0 radical (unpaired) electrons. The fourth-order valence-corrected chi connectivity index (χ4v) is 3.69. The lowest BCUT2D eigenvalue weighted by Gasteiger charge is -2.36. The summed E-state index contributed by atoms with van der Waals surface area (Å²) in [6.07, 6.45) is 0. The van der Waals surface area contributed by atoms with Crippen LogP contribution in [0.5, 0.6) is 5.75 Å². The first kappa shape index (κ1) is 18.2. The number of rotatable bonds is 5. The van der Waals surface area contributed by atoms with E-state index in [9.17, 15) is 0 Å². The molecule has 1 aliphatic rings. The number of hydrogen-bond donors (Lipinski definition) is 1. The molecule has 1 atom stereocenters. The molecule has 0 saturated carbocycles. The van der Waals surface area contributed by atoms with Crippen LogP contribution in [0.4, 0.5) is 0 Å². The molecule has 0 amide bonds. The quantitative estimate of drug-likeness (QED) is 0.853. The average Bonchev–Trinajstić information content (AvgIpc) is 2.63. The first-order valence-electron chi connectivity index (χ1n) is 8.98. The zero-order valence-electron chi connectivity index (χ0n) is 15.3. The van der Waals surface area contributed by atoms with E-state index in [1.165, 1.54) is 11.1 Å². The van der Waals surface area contributed by atoms with Crippen molar-refractivity contribution in [3.8, 4) is 5.75 Å². The second-order valence-corrected chi connectivity index (χ2v) is 7.33. The van der Waals surface area contributed by atoms with Gasteiger partial charge in [0.1, 0.15) is 5.75 Å². The zero-order chi connectivity index (χ0) is 17.8. The molecule has 1 N–H and O–H groups in total. The van der Waals surface area contributed by atoms with Crippen molar-refractivity contribution in [2.75, 3.05) is 33.3 Å². The first-order valence-corrected chi connectivity index (χ1v) is 9.36. The third-order valence-corrected chi connectivity index (χ3v) is 5.16. The van der Waals surface area contributed by atoms with Gasteiger partial charge in [-0.05, 0) is 35.2 Å². The van der Waals surface area contributed by atoms with Crippen LogP contribution >= 0.6 is 11.6 Å². The highest BCUT2D eigenvalue weighted by Crippen LogP contribution is 2.37. The predicted molar refractivity (Wildman–Crippen MR) is 105 cm³/mol. The number of halogens is 1. The van der Waals surface area contributed by atoms with Crippen LogP contribution in [0.3, 0.4) is 0 Å². The Morgan fingerprint density at radius 3 is 2.24 bits per heavy atom. The minimum Gasteiger partial charge on any atom is -0.496 e. The topological polar surface area (TPSA) is 24.5 Å². The maximum Gasteiger partial charge on any atom is 0.124 e. The summed E-state index contributed by atoms with van der Waals surface area (Å²) < 4.78 is 5.65. The standard InChI is InChI=1S/C21H27ClN2O/c1-15(2)16-4-6-17(7-5-16)21(24-12-10-23-11-13-24)19-14-18(22)8-9-20(19)25-3/h4-9,14-15,21,23H,10-13H2,1-3H3. The van der Waals surface area contributed by atoms with Crippen molar-refractivity contribution in [1.29, 1.82) is 0 Å². The molecule has 1 aliphatic heterocycles. The van der Waals surface area contributed by atoms with E-state index in [2.05, 4.69) is 48.3 Å². The van der Waals surface area contributed by atoms with E-state index < -0.39 is 0 Å². The van der Waals surface area contributed by atoms with E-state index in [1.54, 1.807) is 7.11 Å². The van der Waals surface area contributed by atoms with Gasteiger partial charge in [-0.2, -0.15) is 0 Å². The zero-order valence-corrected chi connectivity index (χ0v) is 16.0. The number of benzene rings is 2. The normalized spacial score (nSPS) is 16.8. The smallest absolute Gasteiger partial charge is 0.124 e. The van der Waals surface area contributed by atoms with Crippen molar-refractivity contribution in [1.82, 2.24) is 10.2 Å². The molecule has 1 unspecified atom stereocenters. The highest BCUT2D eigenvalue weighted by atomic mass is 35.5. The van der Waals surface area contributed by atoms with Gasteiger partial charge in [0.2, 0.25) is 0 Å². The number of piperazine rings is 1. The first-order chi connectivity index (χ1) is 12.1. The summed E-state index contributed by atoms with van der Waals surface area (Å²) in [4.78, 5) is 2.51. The van der Waals surface area contributed by atoms with Gasteiger partial charge in [-0.25, -0.2) is 0 Å². The highest BCUT2D eigenvalue weighted by Gasteiger charge is 2.26. The van der Waals surface area contributed by atoms with Crippen LogP contribution in [0.15, 0.2) is 42.5 Å². The number of nitrogens with one attached hydrogen (secondary N) is 1. The molecule has 25 heavy (non-hydrogen) atoms. The van der Waals surface area contributed by atoms with Gasteiger partial charge in [0.25, 0.3) is 0 Å². The van der Waals surface area contributed by atoms with Crippen LogP contribution < -0.4 is 10.1 Å². The number of hydrogen-bond acceptors (Lipinski definition) is 3. The van der Waals surface area contributed by atoms with Gasteiger partial charge in [0, 0.05) is 36.8 Å². The second-order valence-electron chi connectivity index (χ2n) is 6.90. The molecule has 0 aliphatic carbocycles. The number of nitrogens with zero attached hydrogens (tertiary/aromatic N) is 1. The van der Waals surface area contributed by atoms with Crippen molar-refractivity contribution in [2.24, 2.45) is 0 Å². The van der Waals surface area contributed by atoms with Gasteiger partial charge >= 0.3 is 0 Å². The molecule has 1 saturated heterocycles. The second kappa shape index (κ2) is 8.22. The van der Waals surface area contributed by atoms with E-state index in [0.29, 0.717) is 5.92 Å². The van der Waals surface area contributed by atoms with Crippen LogP contribution in [0.25, 0.3) is 0 Å². The lowest BCUT2D eigenvalue weighted by Crippen LogP contribution is -2.45. The highest BCUT2D eigenvalue weighted by molar-refractivity contribution is 6.30. The summed E-state index contributed by atoms with van der Waals surface area (Å²) in [6, 6.07) is 15.0. The third-order valence-electron chi connectivity index (χ3n) is 4.92. The van der Waals surface area contributed by atoms with Crippen LogP contribution in [-0.2, 0) is 0 Å². The van der Waals surface area contributed by atoms with E-state index in [0.717, 1.165) is 42.5 Å². The Bertz CT molecular complexity index is 694. The van der Waals surface area contributed by atoms with Crippen molar-refractivity contribution >= 4 is 11.6 Å². The monoisotopic (exact) mass is 358 g/mol. The van der Waals surface area contributed by atoms with Gasteiger partial charge in [-0.15, -0.1) is 0 Å². The van der Waals surface area contributed by atoms with Gasteiger partial charge in [-0.1, -0.05) is 49.7 Å². The van der Waals surface area contributed by atoms with Gasteiger partial charge in [-0.3, -0.25) is 4.90 Å². The summed E-state index contributed by atoms with van der Waals surface area (Å²) in [6.45, 7) is 8.47. The SMILES string of the molecule is COc1ccc(Cl)cc1C(c1ccc(C(C)C)cc1)N1CCNCC1. The summed E-state index contributed by atoms with van der Waals surface area (Å²) in [7, 11) is 1.73. The van der Waals surface area contributed by atoms with Crippen molar-refractivity contribution in [2.45, 2.75) is 25.8 Å². The molecule has 1 fully saturated rings. The van der Waals surface area contributed by atoms with Gasteiger partial charge in [0.05, 0.1) is 13.2 Å². The Hall–Kier alpha value is -1.55. The van der Waals surface area contributed by atoms with Crippen LogP contribution in [0.2, 0.25) is 5.02 Å². The molecular weight excluding hydrogens is 332 g/mol. The molecule has 1 heterocycles. The van der Waals surface area contributed by atoms with Crippen molar-refractivity contribution in [3.63, 3.8) is 0 Å². The molecule has 3 nitrogen and oxygen atoms in total. The van der Waals surface area contributed by atoms with E-state index in [4.69, 9.17) is 16.3 Å². The lowest BCUT2D eigenvalue weighted by atomic mass is 9.93. The van der Waals surface area contributed by atoms with E-state index in [-0.39, 0.29) is 6.04 Å². The third kappa shape index (κ3) is 4.17. The molecule has 2 aromatic rings. The maximum absolute atomic E-state index is 6.32. The Labute approximate surface area is 155 Å². The summed E-state index contributed by atoms with van der Waals surface area (Å²) in [5.74, 6) is 1.42. The molecular formula is C21H27ClN2O. The van der Waals surface area contributed by atoms with E-state index >= 15 is 0 Å². The van der Waals surface area contributed by atoms with Crippen molar-refractivity contribution < 1.29 is 4.74 Å². The molecule has 0 bridgehead atoms. The largest absolute Gasteiger partial charge is 0.496 e. The maximum atomic E-state index is 6.32. The number of methoxy groups -OCH3 is 1. The van der Waals surface area contributed by atoms with Crippen molar-refractivity contribution in [3.05, 3.63) is 64.2 Å². The van der Waals surface area contributed by atoms with Crippen LogP contribution in [0, 0.1) is 0 Å². The Balaban J connectivity index is 2.05. The molecule has 4 heteroatoms. The van der Waals surface area contributed by atoms with E-state index in [1.807, 2.05) is 18.2 Å². The Morgan fingerprint density at radius 1 is 1.00 bits per heavy atom. The fraction of sp³-hybridized carbons (Fsp3) is 0.429. The molecule has 0 spiro atoms.